The van der Waals surface area contributed by atoms with Gasteiger partial charge in [-0.3, -0.25) is 9.67 Å². The van der Waals surface area contributed by atoms with Crippen molar-refractivity contribution in [2.75, 3.05) is 7.11 Å². The molecular formula is C14H13N3O2. The molecule has 0 saturated carbocycles. The Morgan fingerprint density at radius 1 is 1.21 bits per heavy atom. The zero-order chi connectivity index (χ0) is 13.2. The van der Waals surface area contributed by atoms with Crippen LogP contribution < -0.4 is 4.74 Å². The van der Waals surface area contributed by atoms with E-state index >= 15 is 0 Å². The summed E-state index contributed by atoms with van der Waals surface area (Å²) in [4.78, 5) is 3.98. The van der Waals surface area contributed by atoms with Gasteiger partial charge in [0.05, 0.1) is 24.6 Å². The molecule has 0 aliphatic carbocycles. The number of fused-ring (bicyclic) bond motifs is 1. The molecule has 0 bridgehead atoms. The number of ether oxygens (including phenoxy) is 1. The highest BCUT2D eigenvalue weighted by Crippen LogP contribution is 2.28. The van der Waals surface area contributed by atoms with E-state index in [1.807, 2.05) is 24.3 Å². The number of methoxy groups -OCH3 is 1. The van der Waals surface area contributed by atoms with Crippen LogP contribution in [0, 0.1) is 0 Å². The van der Waals surface area contributed by atoms with Crippen molar-refractivity contribution in [2.45, 2.75) is 6.54 Å². The minimum atomic E-state index is 0.0166. The molecular weight excluding hydrogens is 242 g/mol. The zero-order valence-corrected chi connectivity index (χ0v) is 10.4. The van der Waals surface area contributed by atoms with Crippen LogP contribution in [-0.2, 0) is 6.54 Å². The standard InChI is InChI=1S/C14H13N3O2/c1-19-11-2-3-13-12(8-11)14(18)16-17(13)9-10-4-6-15-7-5-10/h2-8H,9H2,1H3,(H,16,18). The van der Waals surface area contributed by atoms with Gasteiger partial charge in [0.2, 0.25) is 5.88 Å². The van der Waals surface area contributed by atoms with E-state index in [0.717, 1.165) is 11.1 Å². The second-order valence-corrected chi connectivity index (χ2v) is 4.22. The van der Waals surface area contributed by atoms with Crippen LogP contribution in [0.3, 0.4) is 0 Å². The molecule has 0 aliphatic rings. The molecule has 0 radical (unpaired) electrons. The number of aromatic nitrogens is 3. The van der Waals surface area contributed by atoms with E-state index in [2.05, 4.69) is 10.1 Å². The van der Waals surface area contributed by atoms with Gasteiger partial charge >= 0.3 is 0 Å². The smallest absolute Gasteiger partial charge is 0.238 e. The first-order chi connectivity index (χ1) is 9.28. The molecule has 5 heteroatoms. The van der Waals surface area contributed by atoms with Crippen LogP contribution in [0.5, 0.6) is 11.6 Å². The Balaban J connectivity index is 2.05. The highest BCUT2D eigenvalue weighted by molar-refractivity contribution is 5.85. The highest BCUT2D eigenvalue weighted by Gasteiger charge is 2.10. The van der Waals surface area contributed by atoms with Crippen molar-refractivity contribution in [3.63, 3.8) is 0 Å². The van der Waals surface area contributed by atoms with Gasteiger partial charge in [-0.25, -0.2) is 0 Å². The average Bonchev–Trinajstić information content (AvgIpc) is 2.76. The second kappa shape index (κ2) is 4.61. The normalized spacial score (nSPS) is 10.8. The number of hydrogen-bond donors (Lipinski definition) is 1. The van der Waals surface area contributed by atoms with Gasteiger partial charge in [-0.1, -0.05) is 0 Å². The molecule has 2 heterocycles. The Hall–Kier alpha value is -2.56. The van der Waals surface area contributed by atoms with Crippen molar-refractivity contribution in [1.29, 1.82) is 0 Å². The van der Waals surface area contributed by atoms with Gasteiger partial charge in [0.25, 0.3) is 0 Å². The predicted molar refractivity (Wildman–Crippen MR) is 71.3 cm³/mol. The van der Waals surface area contributed by atoms with Gasteiger partial charge < -0.3 is 9.84 Å². The number of aromatic hydroxyl groups is 1. The van der Waals surface area contributed by atoms with Gasteiger partial charge in [-0.2, -0.15) is 0 Å². The van der Waals surface area contributed by atoms with Crippen LogP contribution in [0.15, 0.2) is 42.7 Å². The average molecular weight is 255 g/mol. The Bertz CT molecular complexity index is 707. The molecule has 1 N–H and O–H groups in total. The maximum absolute atomic E-state index is 9.89. The summed E-state index contributed by atoms with van der Waals surface area (Å²) >= 11 is 0. The fourth-order valence-corrected chi connectivity index (χ4v) is 2.05. The maximum atomic E-state index is 9.89. The van der Waals surface area contributed by atoms with E-state index in [0.29, 0.717) is 17.7 Å². The molecule has 0 unspecified atom stereocenters. The third-order valence-corrected chi connectivity index (χ3v) is 3.02. The summed E-state index contributed by atoms with van der Waals surface area (Å²) in [6, 6.07) is 9.37. The van der Waals surface area contributed by atoms with E-state index in [1.54, 1.807) is 30.3 Å². The molecule has 5 nitrogen and oxygen atoms in total. The summed E-state index contributed by atoms with van der Waals surface area (Å²) in [6.07, 6.45) is 3.48. The van der Waals surface area contributed by atoms with Crippen LogP contribution in [0.2, 0.25) is 0 Å². The summed E-state index contributed by atoms with van der Waals surface area (Å²) in [5, 5.41) is 14.7. The van der Waals surface area contributed by atoms with Crippen molar-refractivity contribution in [3.8, 4) is 11.6 Å². The van der Waals surface area contributed by atoms with E-state index in [4.69, 9.17) is 4.74 Å². The SMILES string of the molecule is COc1ccc2c(c1)c(O)nn2Cc1ccncc1. The monoisotopic (exact) mass is 255 g/mol. The quantitative estimate of drug-likeness (QED) is 0.779. The van der Waals surface area contributed by atoms with E-state index in [-0.39, 0.29) is 5.88 Å². The van der Waals surface area contributed by atoms with Crippen LogP contribution in [0.1, 0.15) is 5.56 Å². The Labute approximate surface area is 110 Å². The molecule has 0 aliphatic heterocycles. The Morgan fingerprint density at radius 2 is 2.00 bits per heavy atom. The summed E-state index contributed by atoms with van der Waals surface area (Å²) in [5.41, 5.74) is 1.95. The molecule has 3 aromatic rings. The lowest BCUT2D eigenvalue weighted by molar-refractivity contribution is 0.415. The van der Waals surface area contributed by atoms with Crippen molar-refractivity contribution in [2.24, 2.45) is 0 Å². The second-order valence-electron chi connectivity index (χ2n) is 4.22. The van der Waals surface area contributed by atoms with Crippen LogP contribution in [0.4, 0.5) is 0 Å². The molecule has 0 saturated heterocycles. The fourth-order valence-electron chi connectivity index (χ4n) is 2.05. The van der Waals surface area contributed by atoms with Crippen molar-refractivity contribution in [1.82, 2.24) is 14.8 Å². The lowest BCUT2D eigenvalue weighted by Gasteiger charge is -2.03. The first-order valence-corrected chi connectivity index (χ1v) is 5.90. The molecule has 0 fully saturated rings. The maximum Gasteiger partial charge on any atom is 0.238 e. The molecule has 3 rings (SSSR count). The number of benzene rings is 1. The highest BCUT2D eigenvalue weighted by atomic mass is 16.5. The number of hydrogen-bond acceptors (Lipinski definition) is 4. The summed E-state index contributed by atoms with van der Waals surface area (Å²) in [6.45, 7) is 0.589. The third-order valence-electron chi connectivity index (χ3n) is 3.02. The molecule has 19 heavy (non-hydrogen) atoms. The summed E-state index contributed by atoms with van der Waals surface area (Å²) < 4.78 is 6.91. The number of pyridine rings is 1. The first kappa shape index (κ1) is 11.5. The van der Waals surface area contributed by atoms with Crippen LogP contribution in [-0.4, -0.2) is 27.0 Å². The topological polar surface area (TPSA) is 60.2 Å². The molecule has 0 amide bonds. The van der Waals surface area contributed by atoms with Gasteiger partial charge in [0.15, 0.2) is 0 Å². The largest absolute Gasteiger partial charge is 0.497 e. The molecule has 96 valence electrons. The van der Waals surface area contributed by atoms with E-state index in [1.165, 1.54) is 0 Å². The first-order valence-electron chi connectivity index (χ1n) is 5.90. The van der Waals surface area contributed by atoms with Crippen molar-refractivity contribution >= 4 is 10.9 Å². The fraction of sp³-hybridized carbons (Fsp3) is 0.143. The lowest BCUT2D eigenvalue weighted by Crippen LogP contribution is -2.01. The Kier molecular flexibility index (Phi) is 2.79. The number of nitrogens with zero attached hydrogens (tertiary/aromatic N) is 3. The third kappa shape index (κ3) is 2.10. The van der Waals surface area contributed by atoms with Crippen molar-refractivity contribution < 1.29 is 9.84 Å². The predicted octanol–water partition coefficient (Wildman–Crippen LogP) is 2.19. The Morgan fingerprint density at radius 3 is 2.74 bits per heavy atom. The van der Waals surface area contributed by atoms with Gasteiger partial charge in [0, 0.05) is 12.4 Å². The van der Waals surface area contributed by atoms with Gasteiger partial charge in [0.1, 0.15) is 5.75 Å². The molecule has 1 aromatic carbocycles. The van der Waals surface area contributed by atoms with E-state index < -0.39 is 0 Å². The minimum Gasteiger partial charge on any atom is -0.497 e. The number of rotatable bonds is 3. The van der Waals surface area contributed by atoms with E-state index in [9.17, 15) is 5.11 Å². The molecule has 0 spiro atoms. The molecule has 2 aromatic heterocycles. The van der Waals surface area contributed by atoms with Gasteiger partial charge in [-0.05, 0) is 35.9 Å². The minimum absolute atomic E-state index is 0.0166. The van der Waals surface area contributed by atoms with Gasteiger partial charge in [-0.15, -0.1) is 5.10 Å². The lowest BCUT2D eigenvalue weighted by atomic mass is 10.2. The molecule has 0 atom stereocenters. The summed E-state index contributed by atoms with van der Waals surface area (Å²) in [7, 11) is 1.60. The van der Waals surface area contributed by atoms with Crippen LogP contribution >= 0.6 is 0 Å². The van der Waals surface area contributed by atoms with Crippen LogP contribution in [0.25, 0.3) is 10.9 Å². The zero-order valence-electron chi connectivity index (χ0n) is 10.4. The summed E-state index contributed by atoms with van der Waals surface area (Å²) in [5.74, 6) is 0.717. The van der Waals surface area contributed by atoms with Crippen molar-refractivity contribution in [3.05, 3.63) is 48.3 Å².